The fraction of sp³-hybridized carbons (Fsp3) is 0. The fourth-order valence-corrected chi connectivity index (χ4v) is 14.5. The van der Waals surface area contributed by atoms with Gasteiger partial charge in [-0.3, -0.25) is 0 Å². The Bertz CT molecular complexity index is 5580. The average molecular weight is 1170 g/mol. The van der Waals surface area contributed by atoms with Crippen molar-refractivity contribution in [3.8, 4) is 72.7 Å². The minimum Gasteiger partial charge on any atom is -0.310 e. The molecule has 4 heteroatoms. The summed E-state index contributed by atoms with van der Waals surface area (Å²) in [5.74, 6) is 0. The maximum Gasteiger partial charge on any atom is 0.0547 e. The predicted molar refractivity (Wildman–Crippen MR) is 389 cm³/mol. The molecule has 0 N–H and O–H groups in total. The topological polar surface area (TPSA) is 18.0 Å². The van der Waals surface area contributed by atoms with Crippen LogP contribution in [-0.2, 0) is 0 Å². The lowest BCUT2D eigenvalue weighted by atomic mass is 9.95. The van der Waals surface area contributed by atoms with Crippen LogP contribution < -0.4 is 4.90 Å². The van der Waals surface area contributed by atoms with Crippen LogP contribution in [0.5, 0.6) is 0 Å². The first kappa shape index (κ1) is 52.8. The van der Waals surface area contributed by atoms with E-state index in [4.69, 9.17) is 0 Å². The van der Waals surface area contributed by atoms with Crippen molar-refractivity contribution < 1.29 is 0 Å². The van der Waals surface area contributed by atoms with Gasteiger partial charge in [0, 0.05) is 66.1 Å². The standard InChI is InChI=1S/C88H58N4/c1-4-18-68(19-5-1)90-83-30-16-13-27-77(83)80-56-65(45-53-86(80)90)63-36-32-59(33-37-63)61-40-47-71(48-41-61)89(85-55-52-73(74-24-10-11-25-75(74)85)67-44-51-79-76-26-12-15-29-82(76)92(88(79)58-67)70-22-8-3-9-23-70)72-49-42-62(43-50-72)60-34-38-64(39-35-60)66-46-54-87-81(57-66)78-28-14-17-31-84(78)91(87)69-20-6-2-7-21-69/h1-58H. The van der Waals surface area contributed by atoms with Gasteiger partial charge in [-0.25, -0.2) is 0 Å². The van der Waals surface area contributed by atoms with Crippen LogP contribution in [0.25, 0.3) is 149 Å². The van der Waals surface area contributed by atoms with Gasteiger partial charge >= 0.3 is 0 Å². The largest absolute Gasteiger partial charge is 0.310 e. The molecule has 0 amide bonds. The molecular formula is C88H58N4. The van der Waals surface area contributed by atoms with Gasteiger partial charge in [-0.1, -0.05) is 237 Å². The van der Waals surface area contributed by atoms with E-state index in [1.807, 2.05) is 0 Å². The number of fused-ring (bicyclic) bond motifs is 10. The molecule has 0 unspecified atom stereocenters. The highest BCUT2D eigenvalue weighted by Gasteiger charge is 2.21. The van der Waals surface area contributed by atoms with Crippen molar-refractivity contribution in [3.05, 3.63) is 352 Å². The third kappa shape index (κ3) is 8.83. The Balaban J connectivity index is 0.702. The van der Waals surface area contributed by atoms with Gasteiger partial charge in [0.25, 0.3) is 0 Å². The molecule has 0 spiro atoms. The van der Waals surface area contributed by atoms with Gasteiger partial charge in [0.1, 0.15) is 0 Å². The number of anilines is 3. The summed E-state index contributed by atoms with van der Waals surface area (Å²) in [6.45, 7) is 0. The Morgan fingerprint density at radius 3 is 0.913 bits per heavy atom. The van der Waals surface area contributed by atoms with Crippen molar-refractivity contribution in [1.82, 2.24) is 13.7 Å². The lowest BCUT2D eigenvalue weighted by Gasteiger charge is -2.28. The summed E-state index contributed by atoms with van der Waals surface area (Å²) in [5.41, 5.74) is 25.7. The highest BCUT2D eigenvalue weighted by Crippen LogP contribution is 2.45. The predicted octanol–water partition coefficient (Wildman–Crippen LogP) is 23.9. The van der Waals surface area contributed by atoms with Gasteiger partial charge in [-0.15, -0.1) is 0 Å². The number of rotatable bonds is 11. The molecule has 0 saturated heterocycles. The molecule has 0 saturated carbocycles. The highest BCUT2D eigenvalue weighted by atomic mass is 15.1. The summed E-state index contributed by atoms with van der Waals surface area (Å²) in [6.07, 6.45) is 0. The van der Waals surface area contributed by atoms with Crippen molar-refractivity contribution in [2.24, 2.45) is 0 Å². The summed E-state index contributed by atoms with van der Waals surface area (Å²) >= 11 is 0. The zero-order valence-electron chi connectivity index (χ0n) is 50.3. The van der Waals surface area contributed by atoms with E-state index in [0.29, 0.717) is 0 Å². The van der Waals surface area contributed by atoms with Crippen molar-refractivity contribution >= 4 is 93.3 Å². The molecule has 0 aliphatic rings. The zero-order valence-corrected chi connectivity index (χ0v) is 50.3. The molecule has 0 fully saturated rings. The van der Waals surface area contributed by atoms with E-state index < -0.39 is 0 Å². The third-order valence-electron chi connectivity index (χ3n) is 18.9. The van der Waals surface area contributed by atoms with Crippen LogP contribution in [0.2, 0.25) is 0 Å². The SMILES string of the molecule is c1ccc(-n2c3ccccc3c3cc(-c4ccc(-c5ccc(N(c6ccc(-c7ccc(-c8ccc9c(c8)c8ccccc8n9-c8ccccc8)cc7)cc6)c6ccc(-c7ccc8c9ccccc9n(-c9ccccc9)c8c7)c7ccccc67)cc5)cc4)ccc32)cc1. The highest BCUT2D eigenvalue weighted by molar-refractivity contribution is 6.14. The smallest absolute Gasteiger partial charge is 0.0547 e. The van der Waals surface area contributed by atoms with E-state index >= 15 is 0 Å². The van der Waals surface area contributed by atoms with Gasteiger partial charge in [-0.05, 0) is 176 Å². The second kappa shape index (κ2) is 21.8. The summed E-state index contributed by atoms with van der Waals surface area (Å²) in [6, 6.07) is 129. The number of benzene rings is 15. The second-order valence-electron chi connectivity index (χ2n) is 24.0. The van der Waals surface area contributed by atoms with E-state index in [1.165, 1.54) is 121 Å². The lowest BCUT2D eigenvalue weighted by Crippen LogP contribution is -2.10. The molecule has 3 aromatic heterocycles. The van der Waals surface area contributed by atoms with Gasteiger partial charge in [0.05, 0.1) is 38.8 Å². The van der Waals surface area contributed by atoms with Crippen LogP contribution in [0, 0.1) is 0 Å². The first-order chi connectivity index (χ1) is 45.6. The van der Waals surface area contributed by atoms with Crippen molar-refractivity contribution in [3.63, 3.8) is 0 Å². The Morgan fingerprint density at radius 1 is 0.174 bits per heavy atom. The minimum absolute atomic E-state index is 1.07. The Labute approximate surface area is 533 Å². The van der Waals surface area contributed by atoms with E-state index in [1.54, 1.807) is 0 Å². The maximum atomic E-state index is 2.43. The molecule has 92 heavy (non-hydrogen) atoms. The van der Waals surface area contributed by atoms with Gasteiger partial charge in [-0.2, -0.15) is 0 Å². The maximum absolute atomic E-state index is 2.43. The molecule has 0 bridgehead atoms. The van der Waals surface area contributed by atoms with E-state index in [9.17, 15) is 0 Å². The average Bonchev–Trinajstić information content (AvgIpc) is 1.48. The van der Waals surface area contributed by atoms with Crippen molar-refractivity contribution in [1.29, 1.82) is 0 Å². The molecule has 4 nitrogen and oxygen atoms in total. The first-order valence-corrected chi connectivity index (χ1v) is 31.6. The number of hydrogen-bond donors (Lipinski definition) is 0. The molecule has 0 radical (unpaired) electrons. The first-order valence-electron chi connectivity index (χ1n) is 31.6. The van der Waals surface area contributed by atoms with Gasteiger partial charge in [0.15, 0.2) is 0 Å². The molecule has 18 rings (SSSR count). The van der Waals surface area contributed by atoms with Gasteiger partial charge < -0.3 is 18.6 Å². The Kier molecular flexibility index (Phi) is 12.5. The molecule has 0 aliphatic carbocycles. The number of aromatic nitrogens is 3. The minimum atomic E-state index is 1.07. The summed E-state index contributed by atoms with van der Waals surface area (Å²) < 4.78 is 7.15. The Morgan fingerprint density at radius 2 is 0.478 bits per heavy atom. The summed E-state index contributed by atoms with van der Waals surface area (Å²) in [4.78, 5) is 2.43. The molecule has 3 heterocycles. The van der Waals surface area contributed by atoms with Gasteiger partial charge in [0.2, 0.25) is 0 Å². The number of nitrogens with zero attached hydrogens (tertiary/aromatic N) is 4. The lowest BCUT2D eigenvalue weighted by molar-refractivity contribution is 1.18. The summed E-state index contributed by atoms with van der Waals surface area (Å²) in [5, 5.41) is 9.83. The molecule has 18 aromatic rings. The molecule has 430 valence electrons. The number of hydrogen-bond acceptors (Lipinski definition) is 1. The van der Waals surface area contributed by atoms with Crippen LogP contribution in [0.15, 0.2) is 352 Å². The zero-order chi connectivity index (χ0) is 60.6. The second-order valence-corrected chi connectivity index (χ2v) is 24.0. The van der Waals surface area contributed by atoms with E-state index in [0.717, 1.165) is 45.3 Å². The van der Waals surface area contributed by atoms with Crippen LogP contribution in [-0.4, -0.2) is 13.7 Å². The Hall–Kier alpha value is -12.2. The van der Waals surface area contributed by atoms with Crippen LogP contribution >= 0.6 is 0 Å². The normalized spacial score (nSPS) is 11.7. The van der Waals surface area contributed by atoms with Crippen LogP contribution in [0.3, 0.4) is 0 Å². The van der Waals surface area contributed by atoms with E-state index in [-0.39, 0.29) is 0 Å². The monoisotopic (exact) mass is 1170 g/mol. The van der Waals surface area contributed by atoms with E-state index in [2.05, 4.69) is 370 Å². The molecule has 15 aromatic carbocycles. The fourth-order valence-electron chi connectivity index (χ4n) is 14.5. The van der Waals surface area contributed by atoms with Crippen molar-refractivity contribution in [2.45, 2.75) is 0 Å². The molecular weight excluding hydrogens is 1110 g/mol. The molecule has 0 aliphatic heterocycles. The molecule has 0 atom stereocenters. The van der Waals surface area contributed by atoms with Crippen LogP contribution in [0.4, 0.5) is 17.1 Å². The van der Waals surface area contributed by atoms with Crippen LogP contribution in [0.1, 0.15) is 0 Å². The quantitative estimate of drug-likeness (QED) is 0.126. The number of para-hydroxylation sites is 6. The summed E-state index contributed by atoms with van der Waals surface area (Å²) in [7, 11) is 0. The van der Waals surface area contributed by atoms with Crippen molar-refractivity contribution in [2.75, 3.05) is 4.90 Å². The third-order valence-corrected chi connectivity index (χ3v) is 18.9.